The molecule has 142 valence electrons. The Kier molecular flexibility index (Phi) is 4.88. The van der Waals surface area contributed by atoms with Crippen molar-refractivity contribution in [1.82, 2.24) is 4.98 Å². The van der Waals surface area contributed by atoms with Crippen molar-refractivity contribution in [1.29, 1.82) is 0 Å². The molecule has 3 heterocycles. The Morgan fingerprint density at radius 3 is 2.37 bits per heavy atom. The molecule has 4 rings (SSSR count). The smallest absolute Gasteiger partial charge is 0.204 e. The maximum Gasteiger partial charge on any atom is 0.204 e. The molecule has 0 saturated carbocycles. The molecule has 0 amide bonds. The highest BCUT2D eigenvalue weighted by atomic mass is 35.5. The number of Topliss-reactive ketones (excluding diaryl/α,β-unsaturated/α-hetero) is 1. The Hall–Kier alpha value is -2.02. The molecule has 1 aromatic carbocycles. The van der Waals surface area contributed by atoms with Crippen molar-refractivity contribution >= 4 is 29.0 Å². The minimum absolute atomic E-state index is 0.0244. The molecule has 2 aromatic rings. The monoisotopic (exact) mass is 409 g/mol. The molecule has 0 bridgehead atoms. The van der Waals surface area contributed by atoms with E-state index in [2.05, 4.69) is 4.98 Å². The Balaban J connectivity index is 1.68. The van der Waals surface area contributed by atoms with Gasteiger partial charge in [-0.15, -0.1) is 0 Å². The van der Waals surface area contributed by atoms with E-state index in [1.807, 2.05) is 0 Å². The van der Waals surface area contributed by atoms with Crippen LogP contribution >= 0.6 is 23.2 Å². The molecule has 0 aliphatic carbocycles. The van der Waals surface area contributed by atoms with Crippen molar-refractivity contribution < 1.29 is 23.7 Å². The van der Waals surface area contributed by atoms with E-state index < -0.39 is 0 Å². The lowest BCUT2D eigenvalue weighted by Crippen LogP contribution is -2.50. The first-order valence-corrected chi connectivity index (χ1v) is 9.14. The number of ketones is 1. The lowest BCUT2D eigenvalue weighted by molar-refractivity contribution is -0.143. The molecule has 0 N–H and O–H groups in total. The number of benzene rings is 1. The molecular formula is C19H17Cl2NO5. The zero-order chi connectivity index (χ0) is 19.0. The average molecular weight is 410 g/mol. The number of nitrogens with zero attached hydrogens (tertiary/aromatic N) is 1. The lowest BCUT2D eigenvalue weighted by Gasteiger charge is -2.38. The summed E-state index contributed by atoms with van der Waals surface area (Å²) >= 11 is 12.3. The number of ether oxygens (including phenoxy) is 4. The number of aromatic nitrogens is 1. The minimum Gasteiger partial charge on any atom is -0.493 e. The van der Waals surface area contributed by atoms with Gasteiger partial charge in [0, 0.05) is 24.4 Å². The zero-order valence-corrected chi connectivity index (χ0v) is 16.1. The van der Waals surface area contributed by atoms with Gasteiger partial charge in [-0.3, -0.25) is 9.78 Å². The fourth-order valence-corrected chi connectivity index (χ4v) is 3.62. The summed E-state index contributed by atoms with van der Waals surface area (Å²) in [4.78, 5) is 16.9. The minimum atomic E-state index is -0.192. The molecule has 0 unspecified atom stereocenters. The molecule has 1 saturated heterocycles. The molecule has 1 spiro atoms. The first kappa shape index (κ1) is 18.3. The van der Waals surface area contributed by atoms with Crippen LogP contribution < -0.4 is 14.2 Å². The first-order chi connectivity index (χ1) is 13.0. The van der Waals surface area contributed by atoms with Crippen LogP contribution in [0.3, 0.4) is 0 Å². The van der Waals surface area contributed by atoms with Gasteiger partial charge >= 0.3 is 0 Å². The van der Waals surface area contributed by atoms with Gasteiger partial charge in [0.1, 0.15) is 13.2 Å². The second-order valence-corrected chi connectivity index (χ2v) is 7.54. The molecule has 0 radical (unpaired) electrons. The van der Waals surface area contributed by atoms with Gasteiger partial charge in [-0.05, 0) is 12.1 Å². The third-order valence-electron chi connectivity index (χ3n) is 4.75. The molecule has 1 fully saturated rings. The first-order valence-electron chi connectivity index (χ1n) is 8.38. The fourth-order valence-electron chi connectivity index (χ4n) is 3.12. The van der Waals surface area contributed by atoms with Crippen LogP contribution in [0.1, 0.15) is 15.9 Å². The molecule has 0 atom stereocenters. The number of fused-ring (bicyclic) bond motifs is 1. The Bertz CT molecular complexity index is 878. The average Bonchev–Trinajstić information content (AvgIpc) is 2.84. The van der Waals surface area contributed by atoms with Crippen LogP contribution in [0.4, 0.5) is 0 Å². The predicted molar refractivity (Wildman–Crippen MR) is 99.5 cm³/mol. The molecule has 1 aromatic heterocycles. The number of halogens is 2. The van der Waals surface area contributed by atoms with E-state index >= 15 is 0 Å². The second-order valence-electron chi connectivity index (χ2n) is 6.73. The van der Waals surface area contributed by atoms with Gasteiger partial charge in [0.15, 0.2) is 17.3 Å². The third-order valence-corrected chi connectivity index (χ3v) is 5.40. The van der Waals surface area contributed by atoms with Crippen LogP contribution in [0.25, 0.3) is 0 Å². The van der Waals surface area contributed by atoms with Gasteiger partial charge in [-0.1, -0.05) is 23.2 Å². The zero-order valence-electron chi connectivity index (χ0n) is 14.6. The summed E-state index contributed by atoms with van der Waals surface area (Å²) in [7, 11) is 1.55. The lowest BCUT2D eigenvalue weighted by atomic mass is 9.88. The molecule has 6 nitrogen and oxygen atoms in total. The number of methoxy groups -OCH3 is 1. The highest BCUT2D eigenvalue weighted by Crippen LogP contribution is 2.45. The Morgan fingerprint density at radius 2 is 1.78 bits per heavy atom. The Morgan fingerprint density at radius 1 is 1.11 bits per heavy atom. The van der Waals surface area contributed by atoms with Gasteiger partial charge in [0.05, 0.1) is 41.3 Å². The molecule has 27 heavy (non-hydrogen) atoms. The van der Waals surface area contributed by atoms with Gasteiger partial charge in [0.2, 0.25) is 5.75 Å². The SMILES string of the molecule is COc1ccc(C(=O)Cc2c(Cl)cncc2Cl)c2c1OCC1(COC1)CO2. The Labute approximate surface area is 166 Å². The molecule has 2 aliphatic rings. The number of hydrogen-bond acceptors (Lipinski definition) is 6. The van der Waals surface area contributed by atoms with Crippen molar-refractivity contribution in [2.75, 3.05) is 33.5 Å². The van der Waals surface area contributed by atoms with Gasteiger partial charge in [-0.25, -0.2) is 0 Å². The van der Waals surface area contributed by atoms with Crippen LogP contribution in [0.2, 0.25) is 10.0 Å². The summed E-state index contributed by atoms with van der Waals surface area (Å²) in [5.41, 5.74) is 0.732. The van der Waals surface area contributed by atoms with E-state index in [0.29, 0.717) is 64.8 Å². The van der Waals surface area contributed by atoms with E-state index in [1.165, 1.54) is 12.4 Å². The number of hydrogen-bond donors (Lipinski definition) is 0. The fraction of sp³-hybridized carbons (Fsp3) is 0.368. The number of rotatable bonds is 4. The van der Waals surface area contributed by atoms with E-state index in [0.717, 1.165) is 0 Å². The van der Waals surface area contributed by atoms with Gasteiger partial charge in [-0.2, -0.15) is 0 Å². The van der Waals surface area contributed by atoms with Crippen molar-refractivity contribution in [3.63, 3.8) is 0 Å². The summed E-state index contributed by atoms with van der Waals surface area (Å²) in [5.74, 6) is 1.13. The summed E-state index contributed by atoms with van der Waals surface area (Å²) in [6.07, 6.45) is 2.95. The summed E-state index contributed by atoms with van der Waals surface area (Å²) in [5, 5.41) is 0.691. The number of pyridine rings is 1. The van der Waals surface area contributed by atoms with Crippen molar-refractivity contribution in [2.24, 2.45) is 5.41 Å². The van der Waals surface area contributed by atoms with Gasteiger partial charge < -0.3 is 18.9 Å². The van der Waals surface area contributed by atoms with Crippen LogP contribution in [0.5, 0.6) is 17.2 Å². The van der Waals surface area contributed by atoms with E-state index in [9.17, 15) is 4.79 Å². The summed E-state index contributed by atoms with van der Waals surface area (Å²) in [6, 6.07) is 3.36. The molecule has 8 heteroatoms. The highest BCUT2D eigenvalue weighted by molar-refractivity contribution is 6.36. The summed E-state index contributed by atoms with van der Waals surface area (Å²) < 4.78 is 22.7. The maximum absolute atomic E-state index is 13.0. The second kappa shape index (κ2) is 7.19. The van der Waals surface area contributed by atoms with Gasteiger partial charge in [0.25, 0.3) is 0 Å². The molecular weight excluding hydrogens is 393 g/mol. The van der Waals surface area contributed by atoms with Crippen molar-refractivity contribution in [2.45, 2.75) is 6.42 Å². The van der Waals surface area contributed by atoms with E-state index in [4.69, 9.17) is 42.1 Å². The topological polar surface area (TPSA) is 66.9 Å². The summed E-state index contributed by atoms with van der Waals surface area (Å²) in [6.45, 7) is 1.98. The quantitative estimate of drug-likeness (QED) is 0.718. The largest absolute Gasteiger partial charge is 0.493 e. The van der Waals surface area contributed by atoms with Crippen LogP contribution in [-0.2, 0) is 11.2 Å². The molecule has 2 aliphatic heterocycles. The van der Waals surface area contributed by atoms with Crippen molar-refractivity contribution in [3.8, 4) is 17.2 Å². The van der Waals surface area contributed by atoms with Crippen LogP contribution in [0.15, 0.2) is 24.5 Å². The van der Waals surface area contributed by atoms with Crippen LogP contribution in [0, 0.1) is 5.41 Å². The number of carbonyl (C=O) groups is 1. The van der Waals surface area contributed by atoms with E-state index in [1.54, 1.807) is 19.2 Å². The predicted octanol–water partition coefficient (Wildman–Crippen LogP) is 3.61. The van der Waals surface area contributed by atoms with E-state index in [-0.39, 0.29) is 17.6 Å². The van der Waals surface area contributed by atoms with Crippen LogP contribution in [-0.4, -0.2) is 44.3 Å². The maximum atomic E-state index is 13.0. The standard InChI is InChI=1S/C19H17Cl2NO5/c1-24-16-3-2-11(15(23)4-12-13(20)5-22-6-14(12)21)17-18(16)27-10-19(9-26-17)7-25-8-19/h2-3,5-6H,4,7-10H2,1H3. The van der Waals surface area contributed by atoms with Crippen molar-refractivity contribution in [3.05, 3.63) is 45.7 Å². The highest BCUT2D eigenvalue weighted by Gasteiger charge is 2.43. The normalized spacial score (nSPS) is 17.1. The number of carbonyl (C=O) groups excluding carboxylic acids is 1. The third kappa shape index (κ3) is 3.33.